The number of H-pyrrole nitrogens is 1. The SMILES string of the molecule is Cc1cccc(-c2nc3ccc(C(=O)c4ccccc4)cc3[nH]2)c1. The van der Waals surface area contributed by atoms with Crippen LogP contribution in [0, 0.1) is 6.92 Å². The van der Waals surface area contributed by atoms with Crippen molar-refractivity contribution < 1.29 is 4.79 Å². The van der Waals surface area contributed by atoms with Crippen molar-refractivity contribution in [1.29, 1.82) is 0 Å². The summed E-state index contributed by atoms with van der Waals surface area (Å²) in [6.07, 6.45) is 0. The van der Waals surface area contributed by atoms with Crippen LogP contribution in [0.1, 0.15) is 21.5 Å². The molecule has 3 heteroatoms. The van der Waals surface area contributed by atoms with Crippen molar-refractivity contribution in [2.24, 2.45) is 0 Å². The smallest absolute Gasteiger partial charge is 0.193 e. The first-order valence-corrected chi connectivity index (χ1v) is 7.87. The van der Waals surface area contributed by atoms with Crippen LogP contribution in [0.4, 0.5) is 0 Å². The summed E-state index contributed by atoms with van der Waals surface area (Å²) in [6.45, 7) is 2.06. The molecule has 3 aromatic carbocycles. The summed E-state index contributed by atoms with van der Waals surface area (Å²) in [4.78, 5) is 20.5. The zero-order valence-corrected chi connectivity index (χ0v) is 13.3. The van der Waals surface area contributed by atoms with Gasteiger partial charge in [0.15, 0.2) is 5.78 Å². The van der Waals surface area contributed by atoms with Gasteiger partial charge in [0.1, 0.15) is 5.82 Å². The second-order valence-corrected chi connectivity index (χ2v) is 5.88. The predicted octanol–water partition coefficient (Wildman–Crippen LogP) is 4.77. The van der Waals surface area contributed by atoms with Crippen LogP contribution < -0.4 is 0 Å². The minimum absolute atomic E-state index is 0.0178. The van der Waals surface area contributed by atoms with Crippen LogP contribution in [-0.4, -0.2) is 15.8 Å². The largest absolute Gasteiger partial charge is 0.338 e. The van der Waals surface area contributed by atoms with Gasteiger partial charge in [0.2, 0.25) is 0 Å². The molecule has 1 N–H and O–H groups in total. The molecule has 1 aromatic heterocycles. The van der Waals surface area contributed by atoms with Crippen LogP contribution in [0.25, 0.3) is 22.4 Å². The van der Waals surface area contributed by atoms with Gasteiger partial charge >= 0.3 is 0 Å². The van der Waals surface area contributed by atoms with Gasteiger partial charge < -0.3 is 4.98 Å². The number of aromatic nitrogens is 2. The third-order valence-electron chi connectivity index (χ3n) is 4.07. The van der Waals surface area contributed by atoms with Gasteiger partial charge in [0.05, 0.1) is 11.0 Å². The Morgan fingerprint density at radius 3 is 2.50 bits per heavy atom. The molecule has 0 aliphatic heterocycles. The summed E-state index contributed by atoms with van der Waals surface area (Å²) in [5.74, 6) is 0.835. The highest BCUT2D eigenvalue weighted by atomic mass is 16.1. The van der Waals surface area contributed by atoms with Crippen molar-refractivity contribution in [3.05, 3.63) is 89.5 Å². The molecule has 116 valence electrons. The van der Waals surface area contributed by atoms with Gasteiger partial charge in [0, 0.05) is 16.7 Å². The molecule has 0 bridgehead atoms. The topological polar surface area (TPSA) is 45.8 Å². The van der Waals surface area contributed by atoms with Crippen molar-refractivity contribution >= 4 is 16.8 Å². The second kappa shape index (κ2) is 5.78. The number of fused-ring (bicyclic) bond motifs is 1. The molecule has 24 heavy (non-hydrogen) atoms. The summed E-state index contributed by atoms with van der Waals surface area (Å²) in [6, 6.07) is 23.1. The average Bonchev–Trinajstić information content (AvgIpc) is 3.05. The summed E-state index contributed by atoms with van der Waals surface area (Å²) < 4.78 is 0. The van der Waals surface area contributed by atoms with Crippen molar-refractivity contribution in [3.8, 4) is 11.4 Å². The molecule has 0 fully saturated rings. The number of nitrogens with zero attached hydrogens (tertiary/aromatic N) is 1. The Balaban J connectivity index is 1.75. The minimum Gasteiger partial charge on any atom is -0.338 e. The van der Waals surface area contributed by atoms with Crippen LogP contribution in [0.3, 0.4) is 0 Å². The zero-order valence-electron chi connectivity index (χ0n) is 13.3. The Morgan fingerprint density at radius 1 is 0.875 bits per heavy atom. The fraction of sp³-hybridized carbons (Fsp3) is 0.0476. The summed E-state index contributed by atoms with van der Waals surface area (Å²) >= 11 is 0. The molecule has 0 saturated carbocycles. The van der Waals surface area contributed by atoms with E-state index in [1.54, 1.807) is 0 Å². The number of nitrogens with one attached hydrogen (secondary N) is 1. The Morgan fingerprint density at radius 2 is 1.71 bits per heavy atom. The quantitative estimate of drug-likeness (QED) is 0.554. The lowest BCUT2D eigenvalue weighted by molar-refractivity contribution is 0.103. The normalized spacial score (nSPS) is 10.9. The number of carbonyl (C=O) groups is 1. The first-order chi connectivity index (χ1) is 11.7. The molecule has 3 nitrogen and oxygen atoms in total. The van der Waals surface area contributed by atoms with E-state index < -0.39 is 0 Å². The van der Waals surface area contributed by atoms with E-state index in [0.717, 1.165) is 22.4 Å². The van der Waals surface area contributed by atoms with Gasteiger partial charge in [-0.15, -0.1) is 0 Å². The molecule has 1 heterocycles. The van der Waals surface area contributed by atoms with E-state index in [9.17, 15) is 4.79 Å². The van der Waals surface area contributed by atoms with E-state index in [2.05, 4.69) is 29.0 Å². The third kappa shape index (κ3) is 2.61. The van der Waals surface area contributed by atoms with E-state index in [0.29, 0.717) is 11.1 Å². The van der Waals surface area contributed by atoms with E-state index in [4.69, 9.17) is 0 Å². The summed E-state index contributed by atoms with van der Waals surface area (Å²) in [7, 11) is 0. The molecule has 4 rings (SSSR count). The van der Waals surface area contributed by atoms with Crippen molar-refractivity contribution in [2.45, 2.75) is 6.92 Å². The number of aromatic amines is 1. The molecule has 0 aliphatic carbocycles. The maximum atomic E-state index is 12.6. The highest BCUT2D eigenvalue weighted by molar-refractivity contribution is 6.10. The number of imidazole rings is 1. The van der Waals surface area contributed by atoms with Gasteiger partial charge in [-0.05, 0) is 31.2 Å². The minimum atomic E-state index is 0.0178. The van der Waals surface area contributed by atoms with E-state index in [1.165, 1.54) is 5.56 Å². The van der Waals surface area contributed by atoms with Crippen LogP contribution in [0.5, 0.6) is 0 Å². The summed E-state index contributed by atoms with van der Waals surface area (Å²) in [5.41, 5.74) is 5.31. The van der Waals surface area contributed by atoms with Crippen LogP contribution in [0.15, 0.2) is 72.8 Å². The van der Waals surface area contributed by atoms with Crippen LogP contribution >= 0.6 is 0 Å². The van der Waals surface area contributed by atoms with Crippen molar-refractivity contribution in [1.82, 2.24) is 9.97 Å². The molecular formula is C21H16N2O. The molecule has 0 aliphatic rings. The lowest BCUT2D eigenvalue weighted by Crippen LogP contribution is -2.00. The Kier molecular flexibility index (Phi) is 3.47. The second-order valence-electron chi connectivity index (χ2n) is 5.88. The maximum Gasteiger partial charge on any atom is 0.193 e. The molecule has 0 atom stereocenters. The first kappa shape index (κ1) is 14.4. The number of hydrogen-bond acceptors (Lipinski definition) is 2. The molecule has 4 aromatic rings. The lowest BCUT2D eigenvalue weighted by Gasteiger charge is -2.00. The number of hydrogen-bond donors (Lipinski definition) is 1. The Bertz CT molecular complexity index is 1030. The van der Waals surface area contributed by atoms with E-state index in [-0.39, 0.29) is 5.78 Å². The highest BCUT2D eigenvalue weighted by Crippen LogP contribution is 2.23. The van der Waals surface area contributed by atoms with Crippen LogP contribution in [0.2, 0.25) is 0 Å². The zero-order chi connectivity index (χ0) is 16.5. The van der Waals surface area contributed by atoms with Crippen LogP contribution in [-0.2, 0) is 0 Å². The number of ketones is 1. The maximum absolute atomic E-state index is 12.6. The summed E-state index contributed by atoms with van der Waals surface area (Å²) in [5, 5.41) is 0. The van der Waals surface area contributed by atoms with E-state index in [1.807, 2.05) is 60.7 Å². The first-order valence-electron chi connectivity index (χ1n) is 7.87. The molecule has 0 radical (unpaired) electrons. The Labute approximate surface area is 140 Å². The number of carbonyl (C=O) groups excluding carboxylic acids is 1. The third-order valence-corrected chi connectivity index (χ3v) is 4.07. The van der Waals surface area contributed by atoms with Crippen molar-refractivity contribution in [2.75, 3.05) is 0 Å². The number of rotatable bonds is 3. The standard InChI is InChI=1S/C21H16N2O/c1-14-6-5-9-17(12-14)21-22-18-11-10-16(13-19(18)23-21)20(24)15-7-3-2-4-8-15/h2-13H,1H3,(H,22,23). The number of aryl methyl sites for hydroxylation is 1. The Hall–Kier alpha value is -3.20. The van der Waals surface area contributed by atoms with Gasteiger partial charge in [-0.2, -0.15) is 0 Å². The molecule has 0 amide bonds. The van der Waals surface area contributed by atoms with Gasteiger partial charge in [0.25, 0.3) is 0 Å². The average molecular weight is 312 g/mol. The van der Waals surface area contributed by atoms with Gasteiger partial charge in [-0.3, -0.25) is 4.79 Å². The van der Waals surface area contributed by atoms with E-state index >= 15 is 0 Å². The highest BCUT2D eigenvalue weighted by Gasteiger charge is 2.11. The van der Waals surface area contributed by atoms with Gasteiger partial charge in [-0.1, -0.05) is 54.1 Å². The molecule has 0 saturated heterocycles. The fourth-order valence-electron chi connectivity index (χ4n) is 2.84. The lowest BCUT2D eigenvalue weighted by atomic mass is 10.0. The molecule has 0 unspecified atom stereocenters. The molecular weight excluding hydrogens is 296 g/mol. The molecule has 0 spiro atoms. The number of benzene rings is 3. The van der Waals surface area contributed by atoms with Gasteiger partial charge in [-0.25, -0.2) is 4.98 Å². The fourth-order valence-corrected chi connectivity index (χ4v) is 2.84. The monoisotopic (exact) mass is 312 g/mol. The van der Waals surface area contributed by atoms with Crippen molar-refractivity contribution in [3.63, 3.8) is 0 Å². The predicted molar refractivity (Wildman–Crippen MR) is 96.1 cm³/mol.